The second kappa shape index (κ2) is 7.28. The lowest BCUT2D eigenvalue weighted by molar-refractivity contribution is -0.144. The van der Waals surface area contributed by atoms with Crippen molar-refractivity contribution < 1.29 is 22.7 Å². The van der Waals surface area contributed by atoms with E-state index in [-0.39, 0.29) is 12.6 Å². The number of alkyl halides is 3. The molecule has 1 aromatic carbocycles. The van der Waals surface area contributed by atoms with Gasteiger partial charge < -0.3 is 10.1 Å². The summed E-state index contributed by atoms with van der Waals surface area (Å²) in [6.45, 7) is 2.06. The third-order valence-corrected chi connectivity index (χ3v) is 2.94. The number of hydrogen-bond acceptors (Lipinski definition) is 2. The molecule has 0 aliphatic carbocycles. The van der Waals surface area contributed by atoms with Crippen molar-refractivity contribution in [2.75, 3.05) is 13.7 Å². The average Bonchev–Trinajstić information content (AvgIpc) is 2.38. The fourth-order valence-corrected chi connectivity index (χ4v) is 1.82. The number of benzene rings is 1. The second-order valence-electron chi connectivity index (χ2n) is 4.50. The Balaban J connectivity index is 2.50. The van der Waals surface area contributed by atoms with Gasteiger partial charge in [-0.1, -0.05) is 24.3 Å². The number of nitrogens with one attached hydrogen (secondary N) is 1. The van der Waals surface area contributed by atoms with Crippen LogP contribution in [-0.4, -0.2) is 25.7 Å². The molecule has 0 aliphatic heterocycles. The van der Waals surface area contributed by atoms with E-state index in [1.807, 2.05) is 31.2 Å². The number of amides is 1. The number of rotatable bonds is 6. The largest absolute Gasteiger partial charge is 0.389 e. The molecule has 3 nitrogen and oxygen atoms in total. The number of carbonyl (C=O) groups is 1. The van der Waals surface area contributed by atoms with Gasteiger partial charge in [-0.3, -0.25) is 4.79 Å². The fourth-order valence-electron chi connectivity index (χ4n) is 1.82. The summed E-state index contributed by atoms with van der Waals surface area (Å²) in [4.78, 5) is 11.4. The van der Waals surface area contributed by atoms with Crippen LogP contribution in [0.25, 0.3) is 0 Å². The molecule has 0 bridgehead atoms. The maximum atomic E-state index is 12.0. The molecule has 1 rings (SSSR count). The molecule has 1 N–H and O–H groups in total. The maximum absolute atomic E-state index is 12.0. The first-order valence-electron chi connectivity index (χ1n) is 6.25. The van der Waals surface area contributed by atoms with E-state index in [4.69, 9.17) is 4.74 Å². The molecule has 0 heterocycles. The molecule has 0 aliphatic rings. The summed E-state index contributed by atoms with van der Waals surface area (Å²) in [7, 11) is 1.50. The third kappa shape index (κ3) is 5.61. The number of ether oxygens (including phenoxy) is 1. The van der Waals surface area contributed by atoms with Crippen molar-refractivity contribution in [3.63, 3.8) is 0 Å². The molecule has 1 aromatic rings. The van der Waals surface area contributed by atoms with Crippen LogP contribution in [-0.2, 0) is 9.53 Å². The predicted molar refractivity (Wildman–Crippen MR) is 69.2 cm³/mol. The van der Waals surface area contributed by atoms with Crippen LogP contribution in [0.2, 0.25) is 0 Å². The molecular formula is C14H18F3NO2. The van der Waals surface area contributed by atoms with Crippen molar-refractivity contribution in [1.29, 1.82) is 0 Å². The Labute approximate surface area is 116 Å². The first kappa shape index (κ1) is 16.5. The van der Waals surface area contributed by atoms with Crippen molar-refractivity contribution in [3.05, 3.63) is 35.4 Å². The normalized spacial score (nSPS) is 13.1. The first-order chi connectivity index (χ1) is 9.33. The summed E-state index contributed by atoms with van der Waals surface area (Å²) in [6.07, 6.45) is -6.35. The van der Waals surface area contributed by atoms with Gasteiger partial charge in [0.15, 0.2) is 0 Å². The van der Waals surface area contributed by atoms with Gasteiger partial charge in [0.25, 0.3) is 0 Å². The van der Waals surface area contributed by atoms with Crippen LogP contribution in [0.3, 0.4) is 0 Å². The van der Waals surface area contributed by atoms with E-state index in [1.165, 1.54) is 7.11 Å². The molecule has 1 unspecified atom stereocenters. The zero-order chi connectivity index (χ0) is 15.2. The summed E-state index contributed by atoms with van der Waals surface area (Å²) in [6, 6.07) is 7.51. The van der Waals surface area contributed by atoms with Crippen LogP contribution in [0.4, 0.5) is 13.2 Å². The topological polar surface area (TPSA) is 38.3 Å². The highest BCUT2D eigenvalue weighted by molar-refractivity contribution is 5.75. The summed E-state index contributed by atoms with van der Waals surface area (Å²) in [5.41, 5.74) is 1.91. The monoisotopic (exact) mass is 289 g/mol. The number of aryl methyl sites for hydroxylation is 1. The van der Waals surface area contributed by atoms with Crippen LogP contribution >= 0.6 is 0 Å². The summed E-state index contributed by atoms with van der Waals surface area (Å²) in [5, 5.41) is 2.47. The highest BCUT2D eigenvalue weighted by atomic mass is 19.4. The summed E-state index contributed by atoms with van der Waals surface area (Å²) >= 11 is 0. The van der Waals surface area contributed by atoms with Crippen LogP contribution in [0.15, 0.2) is 24.3 Å². The molecule has 20 heavy (non-hydrogen) atoms. The van der Waals surface area contributed by atoms with E-state index in [0.717, 1.165) is 11.1 Å². The molecule has 0 fully saturated rings. The van der Waals surface area contributed by atoms with E-state index in [0.29, 0.717) is 0 Å². The lowest BCUT2D eigenvalue weighted by Crippen LogP contribution is -2.30. The SMILES string of the molecule is COC(CNC(=O)CCC(F)(F)F)c1ccccc1C. The van der Waals surface area contributed by atoms with Crippen molar-refractivity contribution in [3.8, 4) is 0 Å². The quantitative estimate of drug-likeness (QED) is 0.873. The molecule has 1 amide bonds. The Hall–Kier alpha value is -1.56. The van der Waals surface area contributed by atoms with Gasteiger partial charge >= 0.3 is 6.18 Å². The van der Waals surface area contributed by atoms with Gasteiger partial charge in [0.05, 0.1) is 12.5 Å². The van der Waals surface area contributed by atoms with Crippen LogP contribution in [0, 0.1) is 6.92 Å². The molecule has 0 saturated carbocycles. The summed E-state index contributed by atoms with van der Waals surface area (Å²) < 4.78 is 41.3. The summed E-state index contributed by atoms with van der Waals surface area (Å²) in [5.74, 6) is -0.627. The van der Waals surface area contributed by atoms with Gasteiger partial charge in [0.1, 0.15) is 0 Å². The van der Waals surface area contributed by atoms with Gasteiger partial charge in [-0.2, -0.15) is 13.2 Å². The first-order valence-corrected chi connectivity index (χ1v) is 6.25. The van der Waals surface area contributed by atoms with E-state index < -0.39 is 24.9 Å². The van der Waals surface area contributed by atoms with Gasteiger partial charge in [-0.15, -0.1) is 0 Å². The lowest BCUT2D eigenvalue weighted by atomic mass is 10.0. The minimum atomic E-state index is -4.31. The number of methoxy groups -OCH3 is 1. The van der Waals surface area contributed by atoms with Gasteiger partial charge in [-0.05, 0) is 18.1 Å². The number of carbonyl (C=O) groups excluding carboxylic acids is 1. The lowest BCUT2D eigenvalue weighted by Gasteiger charge is -2.18. The van der Waals surface area contributed by atoms with Crippen molar-refractivity contribution in [1.82, 2.24) is 5.32 Å². The van der Waals surface area contributed by atoms with Gasteiger partial charge in [0, 0.05) is 20.1 Å². The second-order valence-corrected chi connectivity index (χ2v) is 4.50. The highest BCUT2D eigenvalue weighted by Crippen LogP contribution is 2.22. The molecule has 6 heteroatoms. The highest BCUT2D eigenvalue weighted by Gasteiger charge is 2.28. The molecular weight excluding hydrogens is 271 g/mol. The van der Waals surface area contributed by atoms with E-state index in [2.05, 4.69) is 5.32 Å². The Kier molecular flexibility index (Phi) is 6.01. The number of hydrogen-bond donors (Lipinski definition) is 1. The number of halogens is 3. The predicted octanol–water partition coefficient (Wildman–Crippen LogP) is 3.14. The van der Waals surface area contributed by atoms with E-state index >= 15 is 0 Å². The molecule has 0 radical (unpaired) electrons. The Morgan fingerprint density at radius 2 is 2.00 bits per heavy atom. The standard InChI is InChI=1S/C14H18F3NO2/c1-10-5-3-4-6-11(10)12(20-2)9-18-13(19)7-8-14(15,16)17/h3-6,12H,7-9H2,1-2H3,(H,18,19). The van der Waals surface area contributed by atoms with Crippen LogP contribution in [0.5, 0.6) is 0 Å². The zero-order valence-electron chi connectivity index (χ0n) is 11.5. The molecule has 1 atom stereocenters. The van der Waals surface area contributed by atoms with Crippen LogP contribution in [0.1, 0.15) is 30.1 Å². The zero-order valence-corrected chi connectivity index (χ0v) is 11.5. The minimum Gasteiger partial charge on any atom is -0.375 e. The third-order valence-electron chi connectivity index (χ3n) is 2.94. The Morgan fingerprint density at radius 3 is 2.55 bits per heavy atom. The van der Waals surface area contributed by atoms with E-state index in [9.17, 15) is 18.0 Å². The van der Waals surface area contributed by atoms with Crippen LogP contribution < -0.4 is 5.32 Å². The average molecular weight is 289 g/mol. The minimum absolute atomic E-state index is 0.151. The molecule has 0 aromatic heterocycles. The fraction of sp³-hybridized carbons (Fsp3) is 0.500. The van der Waals surface area contributed by atoms with Crippen molar-refractivity contribution in [2.24, 2.45) is 0 Å². The molecule has 112 valence electrons. The Bertz CT molecular complexity index is 446. The Morgan fingerprint density at radius 1 is 1.35 bits per heavy atom. The van der Waals surface area contributed by atoms with Gasteiger partial charge in [0.2, 0.25) is 5.91 Å². The van der Waals surface area contributed by atoms with Gasteiger partial charge in [-0.25, -0.2) is 0 Å². The van der Waals surface area contributed by atoms with Crippen molar-refractivity contribution >= 4 is 5.91 Å². The smallest absolute Gasteiger partial charge is 0.375 e. The van der Waals surface area contributed by atoms with Crippen molar-refractivity contribution in [2.45, 2.75) is 32.0 Å². The molecule has 0 spiro atoms. The maximum Gasteiger partial charge on any atom is 0.389 e. The molecule has 0 saturated heterocycles. The van der Waals surface area contributed by atoms with E-state index in [1.54, 1.807) is 0 Å².